The van der Waals surface area contributed by atoms with Gasteiger partial charge in [0.25, 0.3) is 0 Å². The van der Waals surface area contributed by atoms with Crippen molar-refractivity contribution in [3.05, 3.63) is 52.1 Å². The molecule has 0 atom stereocenters. The number of halogens is 1. The van der Waals surface area contributed by atoms with Crippen molar-refractivity contribution in [2.24, 2.45) is 0 Å². The predicted molar refractivity (Wildman–Crippen MR) is 89.3 cm³/mol. The molecule has 5 heteroatoms. The SMILES string of the molecule is COc1ccc(NC(=O)CNc2ccccc2I)cc1. The van der Waals surface area contributed by atoms with E-state index in [2.05, 4.69) is 33.2 Å². The molecule has 0 radical (unpaired) electrons. The van der Waals surface area contributed by atoms with Gasteiger partial charge in [-0.2, -0.15) is 0 Å². The summed E-state index contributed by atoms with van der Waals surface area (Å²) in [5, 5.41) is 5.93. The number of ether oxygens (including phenoxy) is 1. The van der Waals surface area contributed by atoms with Gasteiger partial charge in [0.1, 0.15) is 5.75 Å². The lowest BCUT2D eigenvalue weighted by molar-refractivity contribution is -0.114. The molecule has 0 unspecified atom stereocenters. The average Bonchev–Trinajstić information content (AvgIpc) is 2.47. The van der Waals surface area contributed by atoms with Crippen molar-refractivity contribution < 1.29 is 9.53 Å². The number of hydrogen-bond donors (Lipinski definition) is 2. The van der Waals surface area contributed by atoms with Crippen LogP contribution in [0.2, 0.25) is 0 Å². The number of methoxy groups -OCH3 is 1. The van der Waals surface area contributed by atoms with Crippen LogP contribution in [0.3, 0.4) is 0 Å². The number of nitrogens with one attached hydrogen (secondary N) is 2. The Hall–Kier alpha value is -1.76. The topological polar surface area (TPSA) is 50.4 Å². The molecule has 0 aliphatic rings. The van der Waals surface area contributed by atoms with E-state index < -0.39 is 0 Å². The Balaban J connectivity index is 1.87. The molecule has 0 fully saturated rings. The molecule has 20 heavy (non-hydrogen) atoms. The molecule has 0 aliphatic carbocycles. The summed E-state index contributed by atoms with van der Waals surface area (Å²) in [6, 6.07) is 15.1. The number of carbonyl (C=O) groups is 1. The molecule has 104 valence electrons. The van der Waals surface area contributed by atoms with Crippen LogP contribution in [0, 0.1) is 3.57 Å². The van der Waals surface area contributed by atoms with Crippen molar-refractivity contribution in [3.8, 4) is 5.75 Å². The van der Waals surface area contributed by atoms with Gasteiger partial charge in [-0.3, -0.25) is 4.79 Å². The zero-order valence-corrected chi connectivity index (χ0v) is 13.2. The van der Waals surface area contributed by atoms with Gasteiger partial charge in [0.2, 0.25) is 5.91 Å². The van der Waals surface area contributed by atoms with Crippen molar-refractivity contribution in [2.45, 2.75) is 0 Å². The van der Waals surface area contributed by atoms with Gasteiger partial charge in [-0.15, -0.1) is 0 Å². The highest BCUT2D eigenvalue weighted by molar-refractivity contribution is 14.1. The summed E-state index contributed by atoms with van der Waals surface area (Å²) < 4.78 is 6.15. The second-order valence-corrected chi connectivity index (χ2v) is 5.27. The van der Waals surface area contributed by atoms with E-state index in [1.54, 1.807) is 7.11 Å². The average molecular weight is 382 g/mol. The minimum absolute atomic E-state index is 0.0881. The van der Waals surface area contributed by atoms with Gasteiger partial charge >= 0.3 is 0 Å². The van der Waals surface area contributed by atoms with E-state index in [9.17, 15) is 4.79 Å². The molecule has 2 rings (SSSR count). The van der Waals surface area contributed by atoms with Crippen LogP contribution in [0.5, 0.6) is 5.75 Å². The van der Waals surface area contributed by atoms with Crippen LogP contribution in [-0.2, 0) is 4.79 Å². The fraction of sp³-hybridized carbons (Fsp3) is 0.133. The highest BCUT2D eigenvalue weighted by Gasteiger charge is 2.04. The molecule has 2 aromatic carbocycles. The van der Waals surface area contributed by atoms with Gasteiger partial charge in [0.15, 0.2) is 0 Å². The monoisotopic (exact) mass is 382 g/mol. The first-order valence-corrected chi connectivity index (χ1v) is 7.19. The Bertz CT molecular complexity index is 585. The molecule has 0 saturated carbocycles. The van der Waals surface area contributed by atoms with Crippen LogP contribution in [0.15, 0.2) is 48.5 Å². The molecular formula is C15H15IN2O2. The molecular weight excluding hydrogens is 367 g/mol. The fourth-order valence-electron chi connectivity index (χ4n) is 1.66. The highest BCUT2D eigenvalue weighted by Crippen LogP contribution is 2.17. The Labute approximate surface area is 131 Å². The van der Waals surface area contributed by atoms with Crippen LogP contribution >= 0.6 is 22.6 Å². The minimum atomic E-state index is -0.0881. The molecule has 0 aromatic heterocycles. The van der Waals surface area contributed by atoms with Crippen molar-refractivity contribution in [1.29, 1.82) is 0 Å². The molecule has 0 bridgehead atoms. The summed E-state index contributed by atoms with van der Waals surface area (Å²) in [5.41, 5.74) is 1.71. The van der Waals surface area contributed by atoms with Crippen molar-refractivity contribution >= 4 is 39.9 Å². The van der Waals surface area contributed by atoms with Crippen LogP contribution in [0.4, 0.5) is 11.4 Å². The number of carbonyl (C=O) groups excluding carboxylic acids is 1. The second-order valence-electron chi connectivity index (χ2n) is 4.11. The fourth-order valence-corrected chi connectivity index (χ4v) is 2.24. The maximum Gasteiger partial charge on any atom is 0.243 e. The van der Waals surface area contributed by atoms with Crippen LogP contribution in [-0.4, -0.2) is 19.6 Å². The summed E-state index contributed by atoms with van der Waals surface area (Å²) in [4.78, 5) is 11.8. The number of anilines is 2. The number of para-hydroxylation sites is 1. The normalized spacial score (nSPS) is 9.90. The standard InChI is InChI=1S/C15H15IN2O2/c1-20-12-8-6-11(7-9-12)18-15(19)10-17-14-5-3-2-4-13(14)16/h2-9,17H,10H2,1H3,(H,18,19). The third-order valence-corrected chi connectivity index (χ3v) is 3.63. The molecule has 0 saturated heterocycles. The zero-order valence-electron chi connectivity index (χ0n) is 11.0. The van der Waals surface area contributed by atoms with E-state index in [1.165, 1.54) is 0 Å². The molecule has 0 spiro atoms. The van der Waals surface area contributed by atoms with E-state index in [4.69, 9.17) is 4.74 Å². The van der Waals surface area contributed by atoms with Gasteiger partial charge in [0, 0.05) is 14.9 Å². The maximum atomic E-state index is 11.8. The summed E-state index contributed by atoms with van der Waals surface area (Å²) in [7, 11) is 1.61. The first-order valence-electron chi connectivity index (χ1n) is 6.11. The van der Waals surface area contributed by atoms with Gasteiger partial charge in [-0.05, 0) is 59.0 Å². The Morgan fingerprint density at radius 1 is 1.15 bits per heavy atom. The predicted octanol–water partition coefficient (Wildman–Crippen LogP) is 3.35. The summed E-state index contributed by atoms with van der Waals surface area (Å²) in [6.07, 6.45) is 0. The van der Waals surface area contributed by atoms with Crippen LogP contribution in [0.25, 0.3) is 0 Å². The lowest BCUT2D eigenvalue weighted by Gasteiger charge is -2.09. The third-order valence-electron chi connectivity index (χ3n) is 2.69. The van der Waals surface area contributed by atoms with Gasteiger partial charge in [0.05, 0.1) is 13.7 Å². The Kier molecular flexibility index (Phi) is 5.23. The molecule has 2 N–H and O–H groups in total. The number of rotatable bonds is 5. The Morgan fingerprint density at radius 3 is 2.50 bits per heavy atom. The van der Waals surface area contributed by atoms with Gasteiger partial charge in [-0.25, -0.2) is 0 Å². The van der Waals surface area contributed by atoms with E-state index in [1.807, 2.05) is 48.5 Å². The third kappa shape index (κ3) is 4.12. The largest absolute Gasteiger partial charge is 0.497 e. The first kappa shape index (κ1) is 14.6. The van der Waals surface area contributed by atoms with E-state index in [0.29, 0.717) is 0 Å². The zero-order chi connectivity index (χ0) is 14.4. The van der Waals surface area contributed by atoms with E-state index >= 15 is 0 Å². The molecule has 2 aromatic rings. The molecule has 1 amide bonds. The lowest BCUT2D eigenvalue weighted by atomic mass is 10.3. The summed E-state index contributed by atoms with van der Waals surface area (Å²) in [6.45, 7) is 0.228. The minimum Gasteiger partial charge on any atom is -0.497 e. The van der Waals surface area contributed by atoms with Crippen LogP contribution < -0.4 is 15.4 Å². The van der Waals surface area contributed by atoms with Gasteiger partial charge in [-0.1, -0.05) is 12.1 Å². The van der Waals surface area contributed by atoms with Crippen LogP contribution in [0.1, 0.15) is 0 Å². The van der Waals surface area contributed by atoms with Crippen molar-refractivity contribution in [2.75, 3.05) is 24.3 Å². The molecule has 0 aliphatic heterocycles. The quantitative estimate of drug-likeness (QED) is 0.780. The number of benzene rings is 2. The first-order chi connectivity index (χ1) is 9.69. The highest BCUT2D eigenvalue weighted by atomic mass is 127. The van der Waals surface area contributed by atoms with E-state index in [0.717, 1.165) is 20.7 Å². The lowest BCUT2D eigenvalue weighted by Crippen LogP contribution is -2.22. The Morgan fingerprint density at radius 2 is 1.85 bits per heavy atom. The van der Waals surface area contributed by atoms with E-state index in [-0.39, 0.29) is 12.5 Å². The molecule has 0 heterocycles. The second kappa shape index (κ2) is 7.14. The number of amides is 1. The van der Waals surface area contributed by atoms with Crippen molar-refractivity contribution in [1.82, 2.24) is 0 Å². The van der Waals surface area contributed by atoms with Crippen molar-refractivity contribution in [3.63, 3.8) is 0 Å². The summed E-state index contributed by atoms with van der Waals surface area (Å²) >= 11 is 2.23. The maximum absolute atomic E-state index is 11.8. The smallest absolute Gasteiger partial charge is 0.243 e. The molecule has 4 nitrogen and oxygen atoms in total. The number of hydrogen-bond acceptors (Lipinski definition) is 3. The summed E-state index contributed by atoms with van der Waals surface area (Å²) in [5.74, 6) is 0.676. The van der Waals surface area contributed by atoms with Gasteiger partial charge < -0.3 is 15.4 Å².